The Morgan fingerprint density at radius 1 is 1.14 bits per heavy atom. The Labute approximate surface area is 167 Å². The van der Waals surface area contributed by atoms with Crippen molar-refractivity contribution in [3.63, 3.8) is 0 Å². The summed E-state index contributed by atoms with van der Waals surface area (Å²) in [5.41, 5.74) is 0.522. The second kappa shape index (κ2) is 8.14. The number of carbonyl (C=O) groups is 3. The summed E-state index contributed by atoms with van der Waals surface area (Å²) in [4.78, 5) is 42.6. The van der Waals surface area contributed by atoms with Gasteiger partial charge in [0.1, 0.15) is 6.04 Å². The van der Waals surface area contributed by atoms with Crippen LogP contribution >= 0.6 is 0 Å². The standard InChI is InChI=1S/C21H21N5O3/c27-19(23-9-4-11-25-12-10-22-14-25)13-17-20(28)26(21(29)24-17)18-8-3-6-15-5-1-2-7-16(15)18/h1-3,5-8,10,12,14,17H,4,9,11,13H2,(H,23,27)(H,24,29)/t17-/m1/s1. The molecule has 2 aromatic carbocycles. The van der Waals surface area contributed by atoms with Gasteiger partial charge in [0.15, 0.2) is 0 Å². The maximum absolute atomic E-state index is 12.8. The van der Waals surface area contributed by atoms with Gasteiger partial charge in [0.2, 0.25) is 5.91 Å². The third-order valence-electron chi connectivity index (χ3n) is 4.89. The summed E-state index contributed by atoms with van der Waals surface area (Å²) in [6.45, 7) is 1.23. The highest BCUT2D eigenvalue weighted by Gasteiger charge is 2.40. The highest BCUT2D eigenvalue weighted by molar-refractivity contribution is 6.24. The summed E-state index contributed by atoms with van der Waals surface area (Å²) < 4.78 is 1.93. The first kappa shape index (κ1) is 18.7. The van der Waals surface area contributed by atoms with Gasteiger partial charge in [-0.1, -0.05) is 36.4 Å². The summed E-state index contributed by atoms with van der Waals surface area (Å²) in [6.07, 6.45) is 5.94. The Morgan fingerprint density at radius 3 is 2.79 bits per heavy atom. The fraction of sp³-hybridized carbons (Fsp3) is 0.238. The van der Waals surface area contributed by atoms with Gasteiger partial charge in [-0.15, -0.1) is 0 Å². The number of imide groups is 1. The number of aryl methyl sites for hydroxylation is 1. The van der Waals surface area contributed by atoms with Crippen molar-refractivity contribution in [2.45, 2.75) is 25.4 Å². The van der Waals surface area contributed by atoms with Gasteiger partial charge in [0, 0.05) is 30.9 Å². The minimum Gasteiger partial charge on any atom is -0.356 e. The molecule has 0 aliphatic carbocycles. The van der Waals surface area contributed by atoms with Crippen LogP contribution in [0, 0.1) is 0 Å². The van der Waals surface area contributed by atoms with Crippen LogP contribution in [0.3, 0.4) is 0 Å². The highest BCUT2D eigenvalue weighted by Crippen LogP contribution is 2.29. The van der Waals surface area contributed by atoms with Crippen LogP contribution in [-0.2, 0) is 16.1 Å². The SMILES string of the molecule is O=C(C[C@H]1NC(=O)N(c2cccc3ccccc23)C1=O)NCCCn1ccnc1. The van der Waals surface area contributed by atoms with Crippen molar-refractivity contribution in [1.29, 1.82) is 0 Å². The van der Waals surface area contributed by atoms with E-state index < -0.39 is 18.0 Å². The first-order chi connectivity index (χ1) is 14.1. The minimum atomic E-state index is -0.866. The van der Waals surface area contributed by atoms with Crippen molar-refractivity contribution >= 4 is 34.3 Å². The van der Waals surface area contributed by atoms with Crippen LogP contribution in [0.25, 0.3) is 10.8 Å². The maximum Gasteiger partial charge on any atom is 0.329 e. The number of aromatic nitrogens is 2. The van der Waals surface area contributed by atoms with E-state index in [1.165, 1.54) is 0 Å². The lowest BCUT2D eigenvalue weighted by atomic mass is 10.1. The molecule has 1 atom stereocenters. The van der Waals surface area contributed by atoms with Crippen molar-refractivity contribution in [3.8, 4) is 0 Å². The molecular formula is C21H21N5O3. The molecule has 4 rings (SSSR count). The molecule has 0 unspecified atom stereocenters. The Morgan fingerprint density at radius 2 is 1.97 bits per heavy atom. The summed E-state index contributed by atoms with van der Waals surface area (Å²) in [7, 11) is 0. The van der Waals surface area contributed by atoms with E-state index in [1.807, 2.05) is 41.1 Å². The number of rotatable bonds is 7. The zero-order valence-corrected chi connectivity index (χ0v) is 15.7. The summed E-state index contributed by atoms with van der Waals surface area (Å²) >= 11 is 0. The molecule has 1 saturated heterocycles. The van der Waals surface area contributed by atoms with Crippen LogP contribution in [0.15, 0.2) is 61.2 Å². The molecule has 148 valence electrons. The molecule has 0 radical (unpaired) electrons. The third-order valence-corrected chi connectivity index (χ3v) is 4.89. The molecule has 8 heteroatoms. The highest BCUT2D eigenvalue weighted by atomic mass is 16.2. The molecule has 3 aromatic rings. The average Bonchev–Trinajstić information content (AvgIpc) is 3.33. The first-order valence-corrected chi connectivity index (χ1v) is 9.48. The van der Waals surface area contributed by atoms with E-state index in [9.17, 15) is 14.4 Å². The van der Waals surface area contributed by atoms with Gasteiger partial charge < -0.3 is 15.2 Å². The van der Waals surface area contributed by atoms with Gasteiger partial charge in [0.25, 0.3) is 5.91 Å². The number of carbonyl (C=O) groups excluding carboxylic acids is 3. The van der Waals surface area contributed by atoms with E-state index in [0.717, 1.165) is 28.6 Å². The normalized spacial score (nSPS) is 16.3. The van der Waals surface area contributed by atoms with E-state index in [2.05, 4.69) is 15.6 Å². The number of nitrogens with zero attached hydrogens (tertiary/aromatic N) is 3. The number of anilines is 1. The molecule has 0 bridgehead atoms. The molecule has 1 aliphatic rings. The van der Waals surface area contributed by atoms with E-state index in [4.69, 9.17) is 0 Å². The summed E-state index contributed by atoms with van der Waals surface area (Å²) in [5, 5.41) is 7.17. The smallest absolute Gasteiger partial charge is 0.329 e. The number of fused-ring (bicyclic) bond motifs is 1. The quantitative estimate of drug-likeness (QED) is 0.476. The minimum absolute atomic E-state index is 0.0864. The molecule has 1 aromatic heterocycles. The summed E-state index contributed by atoms with van der Waals surface area (Å²) in [5.74, 6) is -0.686. The van der Waals surface area contributed by atoms with Crippen molar-refractivity contribution in [1.82, 2.24) is 20.2 Å². The monoisotopic (exact) mass is 391 g/mol. The largest absolute Gasteiger partial charge is 0.356 e. The van der Waals surface area contributed by atoms with E-state index in [-0.39, 0.29) is 12.3 Å². The Hall–Kier alpha value is -3.68. The van der Waals surface area contributed by atoms with Crippen molar-refractivity contribution < 1.29 is 14.4 Å². The predicted octanol–water partition coefficient (Wildman–Crippen LogP) is 2.06. The fourth-order valence-corrected chi connectivity index (χ4v) is 3.47. The van der Waals surface area contributed by atoms with Crippen molar-refractivity contribution in [2.75, 3.05) is 11.4 Å². The second-order valence-electron chi connectivity index (χ2n) is 6.88. The average molecular weight is 391 g/mol. The van der Waals surface area contributed by atoms with Crippen molar-refractivity contribution in [3.05, 3.63) is 61.2 Å². The third kappa shape index (κ3) is 3.96. The predicted molar refractivity (Wildman–Crippen MR) is 108 cm³/mol. The summed E-state index contributed by atoms with van der Waals surface area (Å²) in [6, 6.07) is 11.6. The lowest BCUT2D eigenvalue weighted by Gasteiger charge is -2.15. The molecule has 2 N–H and O–H groups in total. The van der Waals surface area contributed by atoms with Crippen LogP contribution in [0.5, 0.6) is 0 Å². The molecule has 1 fully saturated rings. The number of hydrogen-bond acceptors (Lipinski definition) is 4. The number of amides is 4. The van der Waals surface area contributed by atoms with Gasteiger partial charge >= 0.3 is 6.03 Å². The Balaban J connectivity index is 1.37. The van der Waals surface area contributed by atoms with Crippen LogP contribution in [-0.4, -0.2) is 40.0 Å². The molecule has 4 amide bonds. The molecular weight excluding hydrogens is 370 g/mol. The van der Waals surface area contributed by atoms with Crippen LogP contribution in [0.2, 0.25) is 0 Å². The molecule has 29 heavy (non-hydrogen) atoms. The van der Waals surface area contributed by atoms with Gasteiger partial charge in [-0.25, -0.2) is 14.7 Å². The lowest BCUT2D eigenvalue weighted by molar-refractivity contribution is -0.125. The number of urea groups is 1. The van der Waals surface area contributed by atoms with Crippen molar-refractivity contribution in [2.24, 2.45) is 0 Å². The van der Waals surface area contributed by atoms with E-state index in [0.29, 0.717) is 12.2 Å². The molecule has 0 saturated carbocycles. The van der Waals surface area contributed by atoms with Crippen LogP contribution < -0.4 is 15.5 Å². The lowest BCUT2D eigenvalue weighted by Crippen LogP contribution is -2.37. The van der Waals surface area contributed by atoms with Crippen LogP contribution in [0.4, 0.5) is 10.5 Å². The van der Waals surface area contributed by atoms with Gasteiger partial charge in [0.05, 0.1) is 18.4 Å². The number of hydrogen-bond donors (Lipinski definition) is 2. The Kier molecular flexibility index (Phi) is 5.24. The Bertz CT molecular complexity index is 1040. The van der Waals surface area contributed by atoms with Gasteiger partial charge in [-0.2, -0.15) is 0 Å². The number of nitrogens with one attached hydrogen (secondary N) is 2. The van der Waals surface area contributed by atoms with Gasteiger partial charge in [-0.05, 0) is 17.9 Å². The zero-order chi connectivity index (χ0) is 20.2. The van der Waals surface area contributed by atoms with Gasteiger partial charge in [-0.3, -0.25) is 9.59 Å². The molecule has 8 nitrogen and oxygen atoms in total. The molecule has 1 aliphatic heterocycles. The number of imidazole rings is 1. The molecule has 0 spiro atoms. The fourth-order valence-electron chi connectivity index (χ4n) is 3.47. The second-order valence-corrected chi connectivity index (χ2v) is 6.88. The van der Waals surface area contributed by atoms with E-state index in [1.54, 1.807) is 24.7 Å². The number of benzene rings is 2. The molecule has 2 heterocycles. The topological polar surface area (TPSA) is 96.3 Å². The first-order valence-electron chi connectivity index (χ1n) is 9.48. The zero-order valence-electron chi connectivity index (χ0n) is 15.7. The maximum atomic E-state index is 12.8. The van der Waals surface area contributed by atoms with E-state index >= 15 is 0 Å². The van der Waals surface area contributed by atoms with Crippen LogP contribution in [0.1, 0.15) is 12.8 Å².